The highest BCUT2D eigenvalue weighted by molar-refractivity contribution is 6.15. The maximum absolute atomic E-state index is 5.02. The summed E-state index contributed by atoms with van der Waals surface area (Å²) in [4.78, 5) is 14.7. The van der Waals surface area contributed by atoms with Gasteiger partial charge in [-0.05, 0) is 230 Å². The standard InChI is InChI=1S/C107H67N7/c1-2-25-84(26-3-1)111-99-34-10-6-28-89(99)93-46-41-75(64-103(93)111)77-43-48-95-91-30-8-12-36-101(91)113(105(95)66-77)86-60-80(57-81(61-86)71-23-19-24-79(56-71)107-88-27-5-4-20-68(88)50-53-110-107)70-22-18-21-69(54-70)72-38-39-74-59-85(45-40-73(74)55-72)112-100-35-11-7-29-90(100)94-47-42-76(65-104(94)112)78-44-49-96-92-31-9-13-37-102(92)114(106(96)67-78)87-62-82(97-32-14-16-51-108-97)58-83(63-87)98-33-15-17-52-109-98/h1-67H. The summed E-state index contributed by atoms with van der Waals surface area (Å²) in [6.07, 6.45) is 5.65. The van der Waals surface area contributed by atoms with E-state index in [1.54, 1.807) is 0 Å². The van der Waals surface area contributed by atoms with Gasteiger partial charge in [-0.1, -0.05) is 231 Å². The Bertz CT molecular complexity index is 7790. The predicted molar refractivity (Wildman–Crippen MR) is 476 cm³/mol. The van der Waals surface area contributed by atoms with Gasteiger partial charge in [-0.25, -0.2) is 0 Å². The van der Waals surface area contributed by atoms with Crippen LogP contribution in [0.25, 0.3) is 221 Å². The molecule has 0 fully saturated rings. The average Bonchev–Trinajstić information content (AvgIpc) is 1.58. The van der Waals surface area contributed by atoms with Crippen molar-refractivity contribution >= 4 is 109 Å². The molecule has 7 heteroatoms. The van der Waals surface area contributed by atoms with E-state index >= 15 is 0 Å². The van der Waals surface area contributed by atoms with Gasteiger partial charge in [0.1, 0.15) is 0 Å². The first-order valence-electron chi connectivity index (χ1n) is 38.9. The third kappa shape index (κ3) is 10.7. The molecular formula is C107H67N7. The Morgan fingerprint density at radius 1 is 0.149 bits per heavy atom. The third-order valence-electron chi connectivity index (χ3n) is 23.4. The maximum atomic E-state index is 5.02. The zero-order valence-electron chi connectivity index (χ0n) is 61.8. The lowest BCUT2D eigenvalue weighted by atomic mass is 9.93. The van der Waals surface area contributed by atoms with Gasteiger partial charge in [0.2, 0.25) is 0 Å². The Labute approximate surface area is 656 Å². The molecule has 0 saturated heterocycles. The summed E-state index contributed by atoms with van der Waals surface area (Å²) in [6.45, 7) is 0. The Morgan fingerprint density at radius 3 is 1.00 bits per heavy atom. The minimum atomic E-state index is 0.907. The molecule has 23 aromatic rings. The molecule has 114 heavy (non-hydrogen) atoms. The molecule has 0 N–H and O–H groups in total. The smallest absolute Gasteiger partial charge is 0.0780 e. The molecule has 0 amide bonds. The number of benzene rings is 16. The highest BCUT2D eigenvalue weighted by Crippen LogP contribution is 2.45. The van der Waals surface area contributed by atoms with Crippen LogP contribution in [0.3, 0.4) is 0 Å². The van der Waals surface area contributed by atoms with Crippen molar-refractivity contribution in [3.63, 3.8) is 0 Å². The monoisotopic (exact) mass is 1450 g/mol. The number of rotatable bonds is 12. The first-order chi connectivity index (χ1) is 56.5. The summed E-state index contributed by atoms with van der Waals surface area (Å²) < 4.78 is 9.76. The van der Waals surface area contributed by atoms with Crippen LogP contribution in [0.15, 0.2) is 407 Å². The summed E-state index contributed by atoms with van der Waals surface area (Å²) in [5.74, 6) is 0. The lowest BCUT2D eigenvalue weighted by Crippen LogP contribution is -1.97. The molecular weight excluding hydrogens is 1380 g/mol. The van der Waals surface area contributed by atoms with E-state index in [-0.39, 0.29) is 0 Å². The molecule has 530 valence electrons. The topological polar surface area (TPSA) is 58.4 Å². The number of aromatic nitrogens is 7. The van der Waals surface area contributed by atoms with Crippen LogP contribution in [-0.4, -0.2) is 33.2 Å². The van der Waals surface area contributed by atoms with Crippen molar-refractivity contribution in [3.05, 3.63) is 407 Å². The second-order valence-electron chi connectivity index (χ2n) is 29.9. The molecule has 0 spiro atoms. The Hall–Kier alpha value is -15.3. The summed E-state index contributed by atoms with van der Waals surface area (Å²) in [5.41, 5.74) is 30.8. The quantitative estimate of drug-likeness (QED) is 0.122. The van der Waals surface area contributed by atoms with E-state index in [9.17, 15) is 0 Å². The minimum Gasteiger partial charge on any atom is -0.309 e. The lowest BCUT2D eigenvalue weighted by Gasteiger charge is -2.16. The van der Waals surface area contributed by atoms with Crippen LogP contribution in [-0.2, 0) is 0 Å². The Kier molecular flexibility index (Phi) is 14.9. The summed E-state index contributed by atoms with van der Waals surface area (Å²) >= 11 is 0. The number of fused-ring (bicyclic) bond motifs is 14. The van der Waals surface area contributed by atoms with E-state index in [0.717, 1.165) is 161 Å². The van der Waals surface area contributed by atoms with Crippen molar-refractivity contribution < 1.29 is 0 Å². The van der Waals surface area contributed by atoms with Gasteiger partial charge < -0.3 is 18.3 Å². The van der Waals surface area contributed by atoms with Crippen LogP contribution in [0.5, 0.6) is 0 Å². The van der Waals surface area contributed by atoms with Crippen LogP contribution in [0, 0.1) is 0 Å². The fourth-order valence-corrected chi connectivity index (χ4v) is 18.1. The first-order valence-corrected chi connectivity index (χ1v) is 38.9. The predicted octanol–water partition coefficient (Wildman–Crippen LogP) is 27.9. The zero-order chi connectivity index (χ0) is 74.9. The largest absolute Gasteiger partial charge is 0.309 e. The first kappa shape index (κ1) is 64.7. The fraction of sp³-hybridized carbons (Fsp3) is 0. The highest BCUT2D eigenvalue weighted by atomic mass is 15.0. The number of hydrogen-bond acceptors (Lipinski definition) is 3. The normalized spacial score (nSPS) is 11.9. The van der Waals surface area contributed by atoms with Crippen LogP contribution in [0.1, 0.15) is 0 Å². The molecule has 0 aliphatic heterocycles. The summed E-state index contributed by atoms with van der Waals surface area (Å²) in [6, 6.07) is 143. The average molecular weight is 1450 g/mol. The molecule has 23 rings (SSSR count). The van der Waals surface area contributed by atoms with Gasteiger partial charge in [0, 0.05) is 107 Å². The van der Waals surface area contributed by atoms with Crippen molar-refractivity contribution in [1.29, 1.82) is 0 Å². The van der Waals surface area contributed by atoms with E-state index in [0.29, 0.717) is 0 Å². The number of nitrogens with zero attached hydrogens (tertiary/aromatic N) is 7. The Morgan fingerprint density at radius 2 is 0.500 bits per heavy atom. The van der Waals surface area contributed by atoms with Crippen LogP contribution in [0.4, 0.5) is 0 Å². The molecule has 7 heterocycles. The molecule has 0 saturated carbocycles. The van der Waals surface area contributed by atoms with Gasteiger partial charge in [0.05, 0.1) is 61.2 Å². The molecule has 0 atom stereocenters. The summed E-state index contributed by atoms with van der Waals surface area (Å²) in [7, 11) is 0. The van der Waals surface area contributed by atoms with Gasteiger partial charge in [-0.15, -0.1) is 0 Å². The molecule has 0 bridgehead atoms. The molecule has 0 unspecified atom stereocenters. The maximum Gasteiger partial charge on any atom is 0.0780 e. The second kappa shape index (κ2) is 26.2. The Balaban J connectivity index is 0.629. The lowest BCUT2D eigenvalue weighted by molar-refractivity contribution is 1.17. The van der Waals surface area contributed by atoms with E-state index < -0.39 is 0 Å². The van der Waals surface area contributed by atoms with E-state index in [2.05, 4.69) is 382 Å². The van der Waals surface area contributed by atoms with E-state index in [1.807, 2.05) is 42.9 Å². The van der Waals surface area contributed by atoms with Crippen LogP contribution in [0.2, 0.25) is 0 Å². The van der Waals surface area contributed by atoms with Crippen LogP contribution < -0.4 is 0 Å². The van der Waals surface area contributed by atoms with Crippen molar-refractivity contribution in [2.45, 2.75) is 0 Å². The van der Waals surface area contributed by atoms with Crippen molar-refractivity contribution in [2.24, 2.45) is 0 Å². The second-order valence-corrected chi connectivity index (χ2v) is 29.9. The molecule has 0 radical (unpaired) electrons. The summed E-state index contributed by atoms with van der Waals surface area (Å²) in [5, 5.41) is 14.3. The number of hydrogen-bond donors (Lipinski definition) is 0. The zero-order valence-corrected chi connectivity index (χ0v) is 61.8. The molecule has 0 aliphatic carbocycles. The van der Waals surface area contributed by atoms with Gasteiger partial charge in [0.25, 0.3) is 0 Å². The van der Waals surface area contributed by atoms with Gasteiger partial charge in [-0.2, -0.15) is 0 Å². The van der Waals surface area contributed by atoms with Gasteiger partial charge in [-0.3, -0.25) is 15.0 Å². The van der Waals surface area contributed by atoms with Gasteiger partial charge in [0.15, 0.2) is 0 Å². The molecule has 0 aliphatic rings. The third-order valence-corrected chi connectivity index (χ3v) is 23.4. The fourth-order valence-electron chi connectivity index (χ4n) is 18.1. The molecule has 7 nitrogen and oxygen atoms in total. The molecule has 16 aromatic carbocycles. The van der Waals surface area contributed by atoms with E-state index in [1.165, 1.54) is 59.5 Å². The van der Waals surface area contributed by atoms with Crippen LogP contribution >= 0.6 is 0 Å². The molecule has 7 aromatic heterocycles. The van der Waals surface area contributed by atoms with Crippen molar-refractivity contribution in [1.82, 2.24) is 33.2 Å². The SMILES string of the molecule is c1ccc(-n2c3ccccc3c3ccc(-c4ccc5c6ccccc6n(-c6cc(-c7cccc(-c8ccc9cc(-n%10c%11ccccc%11c%11ccc(-c%12ccc%13c%14ccccc%14n(-c%14cc(-c%15ccccn%15)cc(-c%15ccccn%15)c%14)c%13c%12)cc%11%10)ccc9c8)c7)cc(-c7cccc(-c8nccc9ccccc89)c7)c6)c5c4)cc32)cc1. The number of para-hydroxylation sites is 5. The van der Waals surface area contributed by atoms with Crippen molar-refractivity contribution in [3.8, 4) is 112 Å². The highest BCUT2D eigenvalue weighted by Gasteiger charge is 2.23. The van der Waals surface area contributed by atoms with E-state index in [4.69, 9.17) is 15.0 Å². The van der Waals surface area contributed by atoms with Gasteiger partial charge >= 0.3 is 0 Å². The number of pyridine rings is 3. The minimum absolute atomic E-state index is 0.907. The van der Waals surface area contributed by atoms with Crippen molar-refractivity contribution in [2.75, 3.05) is 0 Å².